The van der Waals surface area contributed by atoms with E-state index in [0.717, 1.165) is 6.26 Å². The van der Waals surface area contributed by atoms with Crippen LogP contribution >= 0.6 is 0 Å². The number of methoxy groups -OCH3 is 3. The van der Waals surface area contributed by atoms with Gasteiger partial charge in [0.05, 0.1) is 27.6 Å². The second-order valence-corrected chi connectivity index (χ2v) is 7.65. The monoisotopic (exact) mass is 407 g/mol. The normalized spacial score (nSPS) is 11.4. The third-order valence-corrected chi connectivity index (χ3v) is 5.07. The number of ether oxygens (including phenoxy) is 3. The smallest absolute Gasteiger partial charge is 0.434 e. The summed E-state index contributed by atoms with van der Waals surface area (Å²) in [4.78, 5) is 24.8. The van der Waals surface area contributed by atoms with Crippen molar-refractivity contribution in [2.75, 3.05) is 27.6 Å². The van der Waals surface area contributed by atoms with Crippen molar-refractivity contribution in [2.24, 2.45) is 0 Å². The third kappa shape index (κ3) is 3.22. The van der Waals surface area contributed by atoms with Gasteiger partial charge in [0.25, 0.3) is 0 Å². The maximum absolute atomic E-state index is 12.9. The molecule has 0 saturated carbocycles. The highest BCUT2D eigenvalue weighted by Crippen LogP contribution is 2.38. The van der Waals surface area contributed by atoms with Gasteiger partial charge in [0, 0.05) is 11.1 Å². The van der Waals surface area contributed by atoms with E-state index in [9.17, 15) is 18.0 Å². The first-order chi connectivity index (χ1) is 13.2. The molecular weight excluding hydrogens is 390 g/mol. The number of hydrogen-bond donors (Lipinski definition) is 0. The van der Waals surface area contributed by atoms with Crippen molar-refractivity contribution < 1.29 is 31.8 Å². The summed E-state index contributed by atoms with van der Waals surface area (Å²) in [6.45, 7) is 0. The van der Waals surface area contributed by atoms with Crippen LogP contribution in [-0.4, -0.2) is 45.8 Å². The summed E-state index contributed by atoms with van der Waals surface area (Å²) >= 11 is 0. The van der Waals surface area contributed by atoms with Gasteiger partial charge in [-0.3, -0.25) is 4.79 Å². The van der Waals surface area contributed by atoms with E-state index in [1.165, 1.54) is 51.7 Å². The van der Waals surface area contributed by atoms with E-state index in [2.05, 4.69) is 0 Å². The third-order valence-electron chi connectivity index (χ3n) is 4.06. The molecule has 0 aliphatic rings. The van der Waals surface area contributed by atoms with E-state index in [1.807, 2.05) is 0 Å². The van der Waals surface area contributed by atoms with Crippen LogP contribution in [0.2, 0.25) is 0 Å². The summed E-state index contributed by atoms with van der Waals surface area (Å²) < 4.78 is 44.8. The van der Waals surface area contributed by atoms with E-state index < -0.39 is 21.6 Å². The molecule has 0 spiro atoms. The number of rotatable bonds is 6. The van der Waals surface area contributed by atoms with E-state index in [4.69, 9.17) is 18.6 Å². The van der Waals surface area contributed by atoms with E-state index in [1.54, 1.807) is 0 Å². The quantitative estimate of drug-likeness (QED) is 0.567. The second kappa shape index (κ2) is 7.04. The Hall–Kier alpha value is -3.27. The number of oxazole rings is 1. The van der Waals surface area contributed by atoms with Gasteiger partial charge in [-0.15, -0.1) is 0 Å². The second-order valence-electron chi connectivity index (χ2n) is 5.82. The van der Waals surface area contributed by atoms with Crippen LogP contribution in [0.4, 0.5) is 0 Å². The fraction of sp³-hybridized carbons (Fsp3) is 0.222. The van der Waals surface area contributed by atoms with Crippen LogP contribution in [0.5, 0.6) is 17.2 Å². The Morgan fingerprint density at radius 1 is 0.964 bits per heavy atom. The molecule has 2 aromatic carbocycles. The standard InChI is InChI=1S/C18H17NO8S/c1-24-14-8-11(9-15(25-2)17(14)26-3)16(20)10-5-6-12-13(7-10)27-18(21)19(12)28(4,22)23/h5-9H,1-4H3. The van der Waals surface area contributed by atoms with Crippen molar-refractivity contribution in [3.63, 3.8) is 0 Å². The minimum Gasteiger partial charge on any atom is -0.493 e. The van der Waals surface area contributed by atoms with E-state index >= 15 is 0 Å². The van der Waals surface area contributed by atoms with Crippen LogP contribution in [0.1, 0.15) is 15.9 Å². The average Bonchev–Trinajstić information content (AvgIpc) is 3.01. The fourth-order valence-corrected chi connectivity index (χ4v) is 3.65. The average molecular weight is 407 g/mol. The predicted molar refractivity (Wildman–Crippen MR) is 100 cm³/mol. The molecule has 0 radical (unpaired) electrons. The van der Waals surface area contributed by atoms with Gasteiger partial charge in [0.15, 0.2) is 22.9 Å². The van der Waals surface area contributed by atoms with Gasteiger partial charge in [-0.2, -0.15) is 3.97 Å². The van der Waals surface area contributed by atoms with Gasteiger partial charge in [-0.1, -0.05) is 0 Å². The number of fused-ring (bicyclic) bond motifs is 1. The topological polar surface area (TPSA) is 114 Å². The van der Waals surface area contributed by atoms with Gasteiger partial charge >= 0.3 is 5.76 Å². The maximum Gasteiger partial charge on any atom is 0.434 e. The molecule has 0 atom stereocenters. The number of nitrogens with zero attached hydrogens (tertiary/aromatic N) is 1. The molecule has 0 fully saturated rings. The lowest BCUT2D eigenvalue weighted by molar-refractivity contribution is 0.103. The lowest BCUT2D eigenvalue weighted by Gasteiger charge is -2.13. The van der Waals surface area contributed by atoms with Crippen LogP contribution in [-0.2, 0) is 10.0 Å². The van der Waals surface area contributed by atoms with Crippen LogP contribution in [0, 0.1) is 0 Å². The van der Waals surface area contributed by atoms with Crippen molar-refractivity contribution in [1.29, 1.82) is 0 Å². The molecule has 3 aromatic rings. The molecule has 3 rings (SSSR count). The van der Waals surface area contributed by atoms with Crippen molar-refractivity contribution in [3.8, 4) is 17.2 Å². The Bertz CT molecular complexity index is 1210. The van der Waals surface area contributed by atoms with Crippen LogP contribution in [0.25, 0.3) is 11.1 Å². The Balaban J connectivity index is 2.13. The summed E-state index contributed by atoms with van der Waals surface area (Å²) in [5.74, 6) is -0.499. The molecular formula is C18H17NO8S. The first-order valence-corrected chi connectivity index (χ1v) is 9.77. The molecule has 0 N–H and O–H groups in total. The van der Waals surface area contributed by atoms with Crippen LogP contribution < -0.4 is 20.0 Å². The van der Waals surface area contributed by atoms with Crippen LogP contribution in [0.15, 0.2) is 39.5 Å². The van der Waals surface area contributed by atoms with E-state index in [0.29, 0.717) is 21.2 Å². The summed E-state index contributed by atoms with van der Waals surface area (Å²) in [5, 5.41) is 0. The highest BCUT2D eigenvalue weighted by molar-refractivity contribution is 7.89. The summed E-state index contributed by atoms with van der Waals surface area (Å²) in [6, 6.07) is 7.04. The summed E-state index contributed by atoms with van der Waals surface area (Å²) in [6.07, 6.45) is 0.887. The van der Waals surface area contributed by atoms with E-state index in [-0.39, 0.29) is 22.2 Å². The zero-order valence-electron chi connectivity index (χ0n) is 15.5. The molecule has 0 saturated heterocycles. The van der Waals surface area contributed by atoms with Gasteiger partial charge in [-0.25, -0.2) is 13.2 Å². The molecule has 0 aliphatic carbocycles. The zero-order valence-corrected chi connectivity index (χ0v) is 16.3. The molecule has 1 aromatic heterocycles. The number of ketones is 1. The van der Waals surface area contributed by atoms with Crippen LogP contribution in [0.3, 0.4) is 0 Å². The van der Waals surface area contributed by atoms with Gasteiger partial charge in [0.2, 0.25) is 15.8 Å². The largest absolute Gasteiger partial charge is 0.493 e. The Labute approximate surface area is 160 Å². The number of carbonyl (C=O) groups is 1. The molecule has 0 unspecified atom stereocenters. The Morgan fingerprint density at radius 2 is 1.57 bits per heavy atom. The SMILES string of the molecule is COc1cc(C(=O)c2ccc3c(c2)oc(=O)n3S(C)(=O)=O)cc(OC)c1OC. The fourth-order valence-electron chi connectivity index (χ4n) is 2.83. The first-order valence-electron chi connectivity index (χ1n) is 7.92. The van der Waals surface area contributed by atoms with Gasteiger partial charge in [0.1, 0.15) is 5.52 Å². The summed E-state index contributed by atoms with van der Waals surface area (Å²) in [7, 11) is 0.461. The van der Waals surface area contributed by atoms with Crippen molar-refractivity contribution in [2.45, 2.75) is 0 Å². The molecule has 0 bridgehead atoms. The van der Waals surface area contributed by atoms with Crippen molar-refractivity contribution in [3.05, 3.63) is 52.0 Å². The predicted octanol–water partition coefficient (Wildman–Crippen LogP) is 1.66. The van der Waals surface area contributed by atoms with Crippen molar-refractivity contribution in [1.82, 2.24) is 3.97 Å². The molecule has 28 heavy (non-hydrogen) atoms. The first kappa shape index (κ1) is 19.5. The zero-order chi connectivity index (χ0) is 20.6. The molecule has 0 amide bonds. The van der Waals surface area contributed by atoms with Gasteiger partial charge < -0.3 is 18.6 Å². The molecule has 9 nitrogen and oxygen atoms in total. The molecule has 10 heteroatoms. The minimum atomic E-state index is -3.85. The maximum atomic E-state index is 12.9. The number of aromatic nitrogens is 1. The number of carbonyl (C=O) groups excluding carboxylic acids is 1. The molecule has 0 aliphatic heterocycles. The lowest BCUT2D eigenvalue weighted by atomic mass is 10.0. The van der Waals surface area contributed by atoms with Crippen molar-refractivity contribution >= 4 is 26.9 Å². The molecule has 1 heterocycles. The summed E-state index contributed by atoms with van der Waals surface area (Å²) in [5.41, 5.74) is 0.470. The van der Waals surface area contributed by atoms with Gasteiger partial charge in [-0.05, 0) is 30.3 Å². The lowest BCUT2D eigenvalue weighted by Crippen LogP contribution is -2.21. The number of hydrogen-bond acceptors (Lipinski definition) is 8. The number of benzene rings is 2. The highest BCUT2D eigenvalue weighted by atomic mass is 32.2. The minimum absolute atomic E-state index is 0.0197. The Morgan fingerprint density at radius 3 is 2.07 bits per heavy atom. The highest BCUT2D eigenvalue weighted by Gasteiger charge is 2.21. The molecule has 148 valence electrons. The Kier molecular flexibility index (Phi) is 4.90.